The molecular formula is C11H14O3. The molecule has 3 nitrogen and oxygen atoms in total. The maximum atomic E-state index is 10.8. The Bertz CT molecular complexity index is 332. The second-order valence-corrected chi connectivity index (χ2v) is 2.91. The molecule has 1 aromatic rings. The number of rotatable bonds is 4. The molecule has 76 valence electrons. The van der Waals surface area contributed by atoms with Crippen molar-refractivity contribution in [1.29, 1.82) is 0 Å². The lowest BCUT2D eigenvalue weighted by atomic mass is 10.1. The normalized spacial score (nSPS) is 9.64. The number of aldehydes is 1. The highest BCUT2D eigenvalue weighted by molar-refractivity contribution is 5.82. The number of carbonyl (C=O) groups excluding carboxylic acids is 1. The van der Waals surface area contributed by atoms with Crippen LogP contribution in [0.25, 0.3) is 0 Å². The van der Waals surface area contributed by atoms with E-state index in [-0.39, 0.29) is 0 Å². The molecule has 0 aromatic heterocycles. The summed E-state index contributed by atoms with van der Waals surface area (Å²) in [4.78, 5) is 10.8. The fourth-order valence-corrected chi connectivity index (χ4v) is 1.30. The molecule has 0 fully saturated rings. The predicted octanol–water partition coefficient (Wildman–Crippen LogP) is 2.21. The zero-order valence-corrected chi connectivity index (χ0v) is 8.66. The van der Waals surface area contributed by atoms with Crippen molar-refractivity contribution in [2.45, 2.75) is 13.8 Å². The molecule has 0 N–H and O–H groups in total. The summed E-state index contributed by atoms with van der Waals surface area (Å²) in [5, 5.41) is 0. The topological polar surface area (TPSA) is 35.5 Å². The second kappa shape index (κ2) is 4.65. The molecule has 1 aromatic carbocycles. The monoisotopic (exact) mass is 194 g/mol. The van der Waals surface area contributed by atoms with E-state index in [1.165, 1.54) is 7.11 Å². The third-order valence-corrected chi connectivity index (χ3v) is 1.97. The molecule has 0 unspecified atom stereocenters. The minimum Gasteiger partial charge on any atom is -0.496 e. The van der Waals surface area contributed by atoms with Gasteiger partial charge in [-0.2, -0.15) is 0 Å². The standard InChI is InChI=1S/C11H14O3/c1-4-14-9-5-8(2)10(7-12)11(6-9)13-3/h5-7H,4H2,1-3H3. The van der Waals surface area contributed by atoms with Crippen LogP contribution in [0.5, 0.6) is 11.5 Å². The number of methoxy groups -OCH3 is 1. The number of hydrogen-bond acceptors (Lipinski definition) is 3. The van der Waals surface area contributed by atoms with Crippen molar-refractivity contribution in [3.63, 3.8) is 0 Å². The van der Waals surface area contributed by atoms with Gasteiger partial charge in [-0.3, -0.25) is 4.79 Å². The first kappa shape index (κ1) is 10.6. The van der Waals surface area contributed by atoms with Crippen LogP contribution < -0.4 is 9.47 Å². The first-order chi connectivity index (χ1) is 6.72. The van der Waals surface area contributed by atoms with Gasteiger partial charge in [-0.1, -0.05) is 0 Å². The van der Waals surface area contributed by atoms with E-state index >= 15 is 0 Å². The number of aryl methyl sites for hydroxylation is 1. The Labute approximate surface area is 83.6 Å². The lowest BCUT2D eigenvalue weighted by molar-refractivity contribution is 0.112. The molecule has 0 bridgehead atoms. The van der Waals surface area contributed by atoms with Crippen molar-refractivity contribution < 1.29 is 14.3 Å². The van der Waals surface area contributed by atoms with Gasteiger partial charge in [0.25, 0.3) is 0 Å². The SMILES string of the molecule is CCOc1cc(C)c(C=O)c(OC)c1. The molecule has 0 aliphatic heterocycles. The number of carbonyl (C=O) groups is 1. The minimum atomic E-state index is 0.559. The summed E-state index contributed by atoms with van der Waals surface area (Å²) in [6.45, 7) is 4.37. The third-order valence-electron chi connectivity index (χ3n) is 1.97. The Morgan fingerprint density at radius 1 is 1.43 bits per heavy atom. The molecule has 0 spiro atoms. The van der Waals surface area contributed by atoms with Gasteiger partial charge in [0.15, 0.2) is 6.29 Å². The van der Waals surface area contributed by atoms with Gasteiger partial charge in [-0.05, 0) is 25.5 Å². The lowest BCUT2D eigenvalue weighted by Gasteiger charge is -2.10. The van der Waals surface area contributed by atoms with E-state index in [2.05, 4.69) is 0 Å². The Morgan fingerprint density at radius 2 is 2.14 bits per heavy atom. The molecule has 1 rings (SSSR count). The van der Waals surface area contributed by atoms with Crippen molar-refractivity contribution >= 4 is 6.29 Å². The Hall–Kier alpha value is -1.51. The maximum Gasteiger partial charge on any atom is 0.154 e. The van der Waals surface area contributed by atoms with Crippen LogP contribution in [-0.4, -0.2) is 20.0 Å². The van der Waals surface area contributed by atoms with Crippen LogP contribution in [-0.2, 0) is 0 Å². The highest BCUT2D eigenvalue weighted by Gasteiger charge is 2.08. The zero-order valence-electron chi connectivity index (χ0n) is 8.66. The van der Waals surface area contributed by atoms with Gasteiger partial charge in [0.05, 0.1) is 19.3 Å². The van der Waals surface area contributed by atoms with E-state index < -0.39 is 0 Å². The summed E-state index contributed by atoms with van der Waals surface area (Å²) in [7, 11) is 1.54. The fraction of sp³-hybridized carbons (Fsp3) is 0.364. The van der Waals surface area contributed by atoms with Crippen LogP contribution in [0.15, 0.2) is 12.1 Å². The number of ether oxygens (including phenoxy) is 2. The van der Waals surface area contributed by atoms with E-state index in [0.717, 1.165) is 17.6 Å². The van der Waals surface area contributed by atoms with Crippen LogP contribution in [0, 0.1) is 6.92 Å². The van der Waals surface area contributed by atoms with E-state index in [9.17, 15) is 4.79 Å². The molecule has 0 heterocycles. The first-order valence-electron chi connectivity index (χ1n) is 4.49. The van der Waals surface area contributed by atoms with Gasteiger partial charge >= 0.3 is 0 Å². The van der Waals surface area contributed by atoms with Crippen molar-refractivity contribution in [3.05, 3.63) is 23.3 Å². The fourth-order valence-electron chi connectivity index (χ4n) is 1.30. The highest BCUT2D eigenvalue weighted by atomic mass is 16.5. The van der Waals surface area contributed by atoms with Crippen LogP contribution in [0.1, 0.15) is 22.8 Å². The smallest absolute Gasteiger partial charge is 0.154 e. The van der Waals surface area contributed by atoms with Gasteiger partial charge in [0.1, 0.15) is 11.5 Å². The van der Waals surface area contributed by atoms with Crippen LogP contribution in [0.3, 0.4) is 0 Å². The van der Waals surface area contributed by atoms with Gasteiger partial charge in [-0.25, -0.2) is 0 Å². The molecule has 0 amide bonds. The Balaban J connectivity index is 3.16. The minimum absolute atomic E-state index is 0.559. The van der Waals surface area contributed by atoms with Crippen molar-refractivity contribution in [3.8, 4) is 11.5 Å². The van der Waals surface area contributed by atoms with Gasteiger partial charge in [-0.15, -0.1) is 0 Å². The molecule has 0 aliphatic rings. The summed E-state index contributed by atoms with van der Waals surface area (Å²) >= 11 is 0. The largest absolute Gasteiger partial charge is 0.496 e. The molecule has 3 heteroatoms. The lowest BCUT2D eigenvalue weighted by Crippen LogP contribution is -1.97. The van der Waals surface area contributed by atoms with E-state index in [1.807, 2.05) is 19.9 Å². The maximum absolute atomic E-state index is 10.8. The Morgan fingerprint density at radius 3 is 2.64 bits per heavy atom. The Kier molecular flexibility index (Phi) is 3.51. The van der Waals surface area contributed by atoms with Crippen molar-refractivity contribution in [1.82, 2.24) is 0 Å². The number of benzene rings is 1. The average Bonchev–Trinajstić information content (AvgIpc) is 2.17. The molecule has 14 heavy (non-hydrogen) atoms. The molecule has 0 atom stereocenters. The summed E-state index contributed by atoms with van der Waals surface area (Å²) < 4.78 is 10.4. The molecule has 0 saturated carbocycles. The highest BCUT2D eigenvalue weighted by Crippen LogP contribution is 2.26. The molecule has 0 aliphatic carbocycles. The molecule has 0 saturated heterocycles. The quantitative estimate of drug-likeness (QED) is 0.689. The second-order valence-electron chi connectivity index (χ2n) is 2.91. The summed E-state index contributed by atoms with van der Waals surface area (Å²) in [6.07, 6.45) is 0.796. The van der Waals surface area contributed by atoms with Crippen molar-refractivity contribution in [2.24, 2.45) is 0 Å². The van der Waals surface area contributed by atoms with E-state index in [4.69, 9.17) is 9.47 Å². The third kappa shape index (κ3) is 2.05. The van der Waals surface area contributed by atoms with Crippen LogP contribution in [0.2, 0.25) is 0 Å². The summed E-state index contributed by atoms with van der Waals surface area (Å²) in [6, 6.07) is 3.55. The summed E-state index contributed by atoms with van der Waals surface area (Å²) in [5.41, 5.74) is 1.44. The number of hydrogen-bond donors (Lipinski definition) is 0. The molecule has 0 radical (unpaired) electrons. The average molecular weight is 194 g/mol. The first-order valence-corrected chi connectivity index (χ1v) is 4.49. The van der Waals surface area contributed by atoms with Crippen molar-refractivity contribution in [2.75, 3.05) is 13.7 Å². The predicted molar refractivity (Wildman–Crippen MR) is 54.3 cm³/mol. The molecular weight excluding hydrogens is 180 g/mol. The van der Waals surface area contributed by atoms with Gasteiger partial charge in [0.2, 0.25) is 0 Å². The van der Waals surface area contributed by atoms with E-state index in [0.29, 0.717) is 17.9 Å². The van der Waals surface area contributed by atoms with Crippen LogP contribution >= 0.6 is 0 Å². The van der Waals surface area contributed by atoms with Gasteiger partial charge < -0.3 is 9.47 Å². The van der Waals surface area contributed by atoms with E-state index in [1.54, 1.807) is 6.07 Å². The van der Waals surface area contributed by atoms with Gasteiger partial charge in [0, 0.05) is 6.07 Å². The van der Waals surface area contributed by atoms with Crippen LogP contribution in [0.4, 0.5) is 0 Å². The zero-order chi connectivity index (χ0) is 10.6. The summed E-state index contributed by atoms with van der Waals surface area (Å²) in [5.74, 6) is 1.29.